The number of halogens is 2. The van der Waals surface area contributed by atoms with Gasteiger partial charge in [0.1, 0.15) is 0 Å². The first kappa shape index (κ1) is 13.7. The molecule has 1 spiro atoms. The van der Waals surface area contributed by atoms with Crippen LogP contribution in [0.3, 0.4) is 0 Å². The molecule has 2 aliphatic rings. The van der Waals surface area contributed by atoms with E-state index in [1.807, 2.05) is 0 Å². The van der Waals surface area contributed by atoms with Crippen LogP contribution >= 0.6 is 12.4 Å². The van der Waals surface area contributed by atoms with Crippen LogP contribution in [0.15, 0.2) is 0 Å². The third-order valence-corrected chi connectivity index (χ3v) is 3.63. The summed E-state index contributed by atoms with van der Waals surface area (Å²) in [6.07, 6.45) is 1.15. The summed E-state index contributed by atoms with van der Waals surface area (Å²) in [5.74, 6) is -0.755. The third-order valence-electron chi connectivity index (χ3n) is 3.63. The molecule has 1 N–H and O–H groups in total. The van der Waals surface area contributed by atoms with Crippen LogP contribution in [-0.4, -0.2) is 45.1 Å². The van der Waals surface area contributed by atoms with Gasteiger partial charge in [0.15, 0.2) is 0 Å². The van der Waals surface area contributed by atoms with E-state index >= 15 is 0 Å². The first-order chi connectivity index (χ1) is 7.15. The van der Waals surface area contributed by atoms with Crippen molar-refractivity contribution in [3.63, 3.8) is 0 Å². The van der Waals surface area contributed by atoms with Crippen molar-refractivity contribution < 1.29 is 18.7 Å². The lowest BCUT2D eigenvalue weighted by atomic mass is 9.70. The van der Waals surface area contributed by atoms with E-state index in [0.29, 0.717) is 32.6 Å². The van der Waals surface area contributed by atoms with Crippen LogP contribution in [0.4, 0.5) is 4.39 Å². The molecule has 2 aliphatic heterocycles. The van der Waals surface area contributed by atoms with Crippen molar-refractivity contribution >= 4 is 18.4 Å². The van der Waals surface area contributed by atoms with E-state index in [1.54, 1.807) is 0 Å². The molecule has 0 radical (unpaired) electrons. The summed E-state index contributed by atoms with van der Waals surface area (Å²) in [5, 5.41) is 2.96. The number of hydrogen-bond donors (Lipinski definition) is 1. The zero-order valence-electron chi connectivity index (χ0n) is 9.25. The second kappa shape index (κ2) is 4.85. The van der Waals surface area contributed by atoms with E-state index in [-0.39, 0.29) is 19.0 Å². The molecule has 0 aromatic rings. The van der Waals surface area contributed by atoms with Gasteiger partial charge in [-0.05, 0) is 12.8 Å². The number of rotatable bonds is 1. The smallest absolute Gasteiger partial charge is 0.345 e. The Morgan fingerprint density at radius 3 is 2.56 bits per heavy atom. The Kier molecular flexibility index (Phi) is 4.15. The lowest BCUT2D eigenvalue weighted by Gasteiger charge is -2.40. The van der Waals surface area contributed by atoms with Gasteiger partial charge >= 0.3 is 5.97 Å². The average molecular weight is 254 g/mol. The van der Waals surface area contributed by atoms with E-state index in [4.69, 9.17) is 4.74 Å². The van der Waals surface area contributed by atoms with Gasteiger partial charge in [-0.1, -0.05) is 0 Å². The summed E-state index contributed by atoms with van der Waals surface area (Å²) in [5.41, 5.74) is -2.51. The molecule has 2 saturated heterocycles. The number of ether oxygens (including phenoxy) is 2. The van der Waals surface area contributed by atoms with E-state index in [2.05, 4.69) is 10.1 Å². The van der Waals surface area contributed by atoms with Gasteiger partial charge in [-0.2, -0.15) is 0 Å². The zero-order valence-corrected chi connectivity index (χ0v) is 10.1. The summed E-state index contributed by atoms with van der Waals surface area (Å²) in [6.45, 7) is 1.62. The van der Waals surface area contributed by atoms with Gasteiger partial charge in [-0.15, -0.1) is 12.4 Å². The standard InChI is InChI=1S/C10H16FNO3.ClH/c1-14-8(13)10(11)7-12-6-9(10)2-4-15-5-3-9;/h12H,2-7H2,1H3;1H. The van der Waals surface area contributed by atoms with Gasteiger partial charge in [0.05, 0.1) is 7.11 Å². The Labute approximate surface area is 100 Å². The molecule has 94 valence electrons. The van der Waals surface area contributed by atoms with Crippen molar-refractivity contribution in [2.24, 2.45) is 5.41 Å². The van der Waals surface area contributed by atoms with Crippen LogP contribution in [0, 0.1) is 5.41 Å². The number of carbonyl (C=O) groups is 1. The van der Waals surface area contributed by atoms with Gasteiger partial charge in [-0.3, -0.25) is 0 Å². The minimum absolute atomic E-state index is 0. The second-order valence-corrected chi connectivity index (χ2v) is 4.29. The van der Waals surface area contributed by atoms with Gasteiger partial charge in [-0.25, -0.2) is 9.18 Å². The van der Waals surface area contributed by atoms with Crippen molar-refractivity contribution in [3.05, 3.63) is 0 Å². The fourth-order valence-electron chi connectivity index (χ4n) is 2.59. The van der Waals surface area contributed by atoms with Crippen LogP contribution in [0.2, 0.25) is 0 Å². The molecule has 6 heteroatoms. The molecular formula is C10H17ClFNO3. The zero-order chi connectivity index (χ0) is 10.9. The summed E-state index contributed by atoms with van der Waals surface area (Å²) in [7, 11) is 1.23. The Bertz CT molecular complexity index is 271. The Balaban J connectivity index is 0.00000128. The Morgan fingerprint density at radius 2 is 2.00 bits per heavy atom. The molecule has 2 rings (SSSR count). The highest BCUT2D eigenvalue weighted by Gasteiger charge is 2.61. The first-order valence-corrected chi connectivity index (χ1v) is 5.20. The van der Waals surface area contributed by atoms with Gasteiger partial charge in [0.25, 0.3) is 0 Å². The third kappa shape index (κ3) is 1.81. The molecule has 0 bridgehead atoms. The number of carbonyl (C=O) groups excluding carboxylic acids is 1. The molecule has 4 nitrogen and oxygen atoms in total. The van der Waals surface area contributed by atoms with Crippen LogP contribution < -0.4 is 5.32 Å². The van der Waals surface area contributed by atoms with Gasteiger partial charge in [0.2, 0.25) is 5.67 Å². The molecule has 0 aromatic heterocycles. The van der Waals surface area contributed by atoms with Crippen molar-refractivity contribution in [2.45, 2.75) is 18.5 Å². The van der Waals surface area contributed by atoms with E-state index in [0.717, 1.165) is 0 Å². The molecule has 2 fully saturated rings. The molecule has 0 amide bonds. The number of alkyl halides is 1. The monoisotopic (exact) mass is 253 g/mol. The predicted molar refractivity (Wildman–Crippen MR) is 58.5 cm³/mol. The van der Waals surface area contributed by atoms with E-state index in [9.17, 15) is 9.18 Å². The predicted octanol–water partition coefficient (Wildman–Crippen LogP) is 0.689. The molecule has 0 saturated carbocycles. The average Bonchev–Trinajstić information content (AvgIpc) is 2.58. The SMILES string of the molecule is COC(=O)C1(F)CNCC12CCOCC2.Cl. The fourth-order valence-corrected chi connectivity index (χ4v) is 2.59. The van der Waals surface area contributed by atoms with Crippen LogP contribution in [0.1, 0.15) is 12.8 Å². The normalized spacial score (nSPS) is 32.1. The van der Waals surface area contributed by atoms with Gasteiger partial charge in [0, 0.05) is 31.7 Å². The van der Waals surface area contributed by atoms with Crippen LogP contribution in [-0.2, 0) is 14.3 Å². The highest BCUT2D eigenvalue weighted by atomic mass is 35.5. The highest BCUT2D eigenvalue weighted by Crippen LogP contribution is 2.46. The topological polar surface area (TPSA) is 47.6 Å². The quantitative estimate of drug-likeness (QED) is 0.699. The lowest BCUT2D eigenvalue weighted by Crippen LogP contribution is -2.53. The first-order valence-electron chi connectivity index (χ1n) is 5.20. The minimum Gasteiger partial charge on any atom is -0.467 e. The van der Waals surface area contributed by atoms with E-state index in [1.165, 1.54) is 7.11 Å². The van der Waals surface area contributed by atoms with E-state index < -0.39 is 17.1 Å². The molecular weight excluding hydrogens is 237 g/mol. The fraction of sp³-hybridized carbons (Fsp3) is 0.900. The minimum atomic E-state index is -1.88. The number of hydrogen-bond acceptors (Lipinski definition) is 4. The summed E-state index contributed by atoms with van der Waals surface area (Å²) >= 11 is 0. The van der Waals surface area contributed by atoms with Crippen molar-refractivity contribution in [3.8, 4) is 0 Å². The molecule has 1 unspecified atom stereocenters. The number of nitrogens with one attached hydrogen (secondary N) is 1. The molecule has 2 heterocycles. The van der Waals surface area contributed by atoms with Crippen LogP contribution in [0.25, 0.3) is 0 Å². The Hall–Kier alpha value is -0.390. The summed E-state index contributed by atoms with van der Waals surface area (Å²) in [4.78, 5) is 11.5. The number of methoxy groups -OCH3 is 1. The van der Waals surface area contributed by atoms with Gasteiger partial charge < -0.3 is 14.8 Å². The molecule has 16 heavy (non-hydrogen) atoms. The van der Waals surface area contributed by atoms with Crippen molar-refractivity contribution in [2.75, 3.05) is 33.4 Å². The maximum atomic E-state index is 14.7. The van der Waals surface area contributed by atoms with Crippen molar-refractivity contribution in [1.82, 2.24) is 5.32 Å². The molecule has 0 aromatic carbocycles. The maximum absolute atomic E-state index is 14.7. The summed E-state index contributed by atoms with van der Waals surface area (Å²) in [6, 6.07) is 0. The maximum Gasteiger partial charge on any atom is 0.345 e. The number of esters is 1. The van der Waals surface area contributed by atoms with Crippen molar-refractivity contribution in [1.29, 1.82) is 0 Å². The Morgan fingerprint density at radius 1 is 1.38 bits per heavy atom. The van der Waals surface area contributed by atoms with Crippen LogP contribution in [0.5, 0.6) is 0 Å². The molecule has 0 aliphatic carbocycles. The largest absolute Gasteiger partial charge is 0.467 e. The second-order valence-electron chi connectivity index (χ2n) is 4.29. The lowest BCUT2D eigenvalue weighted by molar-refractivity contribution is -0.166. The summed E-state index contributed by atoms with van der Waals surface area (Å²) < 4.78 is 24.4. The molecule has 1 atom stereocenters. The highest BCUT2D eigenvalue weighted by molar-refractivity contribution is 5.85.